The highest BCUT2D eigenvalue weighted by molar-refractivity contribution is 6.31. The SMILES string of the molecule is C=C(Cl)/C(C)=C\C=C(C)C. The van der Waals surface area contributed by atoms with Gasteiger partial charge < -0.3 is 0 Å². The van der Waals surface area contributed by atoms with E-state index < -0.39 is 0 Å². The fourth-order valence-corrected chi connectivity index (χ4v) is 0.445. The number of hydrogen-bond acceptors (Lipinski definition) is 0. The minimum Gasteiger partial charge on any atom is -0.0847 e. The lowest BCUT2D eigenvalue weighted by atomic mass is 10.2. The van der Waals surface area contributed by atoms with Crippen LogP contribution in [0.15, 0.2) is 34.9 Å². The summed E-state index contributed by atoms with van der Waals surface area (Å²) < 4.78 is 0. The van der Waals surface area contributed by atoms with Crippen molar-refractivity contribution in [2.24, 2.45) is 0 Å². The number of allylic oxidation sites excluding steroid dienone is 5. The lowest BCUT2D eigenvalue weighted by Crippen LogP contribution is -1.71. The average molecular weight is 157 g/mol. The van der Waals surface area contributed by atoms with Gasteiger partial charge in [-0.2, -0.15) is 0 Å². The van der Waals surface area contributed by atoms with Crippen LogP contribution in [0.2, 0.25) is 0 Å². The van der Waals surface area contributed by atoms with Gasteiger partial charge in [-0.1, -0.05) is 35.9 Å². The van der Waals surface area contributed by atoms with E-state index in [4.69, 9.17) is 11.6 Å². The highest BCUT2D eigenvalue weighted by Gasteiger charge is 1.87. The van der Waals surface area contributed by atoms with E-state index in [2.05, 4.69) is 6.58 Å². The van der Waals surface area contributed by atoms with Crippen molar-refractivity contribution >= 4 is 11.6 Å². The van der Waals surface area contributed by atoms with Crippen LogP contribution in [0.4, 0.5) is 0 Å². The molecule has 0 rings (SSSR count). The van der Waals surface area contributed by atoms with Gasteiger partial charge in [0.1, 0.15) is 0 Å². The van der Waals surface area contributed by atoms with Crippen LogP contribution in [0.25, 0.3) is 0 Å². The van der Waals surface area contributed by atoms with Crippen LogP contribution in [0.3, 0.4) is 0 Å². The summed E-state index contributed by atoms with van der Waals surface area (Å²) in [6.07, 6.45) is 3.98. The number of halogens is 1. The Morgan fingerprint density at radius 2 is 1.70 bits per heavy atom. The third-order valence-corrected chi connectivity index (χ3v) is 1.39. The van der Waals surface area contributed by atoms with Crippen LogP contribution in [0, 0.1) is 0 Å². The molecule has 0 aliphatic carbocycles. The molecule has 0 saturated carbocycles. The molecule has 1 heteroatoms. The quantitative estimate of drug-likeness (QED) is 0.536. The number of hydrogen-bond donors (Lipinski definition) is 0. The van der Waals surface area contributed by atoms with Gasteiger partial charge in [0.2, 0.25) is 0 Å². The topological polar surface area (TPSA) is 0 Å². The maximum Gasteiger partial charge on any atom is 0.0363 e. The molecule has 0 spiro atoms. The zero-order chi connectivity index (χ0) is 8.15. The molecule has 0 aromatic rings. The van der Waals surface area contributed by atoms with Gasteiger partial charge in [0, 0.05) is 5.03 Å². The van der Waals surface area contributed by atoms with Gasteiger partial charge in [-0.05, 0) is 26.3 Å². The molecular formula is C9H13Cl. The molecule has 0 saturated heterocycles. The van der Waals surface area contributed by atoms with Crippen molar-refractivity contribution in [3.63, 3.8) is 0 Å². The molecule has 0 heterocycles. The zero-order valence-electron chi connectivity index (χ0n) is 6.74. The molecule has 0 aliphatic rings. The third kappa shape index (κ3) is 4.39. The lowest BCUT2D eigenvalue weighted by Gasteiger charge is -1.92. The minimum atomic E-state index is 0.609. The molecule has 0 atom stereocenters. The van der Waals surface area contributed by atoms with E-state index in [1.54, 1.807) is 0 Å². The van der Waals surface area contributed by atoms with Crippen LogP contribution < -0.4 is 0 Å². The molecule has 0 radical (unpaired) electrons. The Morgan fingerprint density at radius 3 is 2.00 bits per heavy atom. The second kappa shape index (κ2) is 4.35. The summed E-state index contributed by atoms with van der Waals surface area (Å²) in [7, 11) is 0. The van der Waals surface area contributed by atoms with Crippen LogP contribution in [-0.2, 0) is 0 Å². The van der Waals surface area contributed by atoms with Gasteiger partial charge in [0.05, 0.1) is 0 Å². The second-order valence-corrected chi connectivity index (χ2v) is 2.95. The fourth-order valence-electron chi connectivity index (χ4n) is 0.382. The van der Waals surface area contributed by atoms with Crippen molar-refractivity contribution in [3.8, 4) is 0 Å². The highest BCUT2D eigenvalue weighted by Crippen LogP contribution is 2.10. The predicted molar refractivity (Wildman–Crippen MR) is 48.2 cm³/mol. The molecule has 0 aliphatic heterocycles. The maximum atomic E-state index is 5.62. The van der Waals surface area contributed by atoms with Gasteiger partial charge in [0.25, 0.3) is 0 Å². The summed E-state index contributed by atoms with van der Waals surface area (Å²) >= 11 is 5.62. The van der Waals surface area contributed by atoms with Crippen LogP contribution in [0.5, 0.6) is 0 Å². The highest BCUT2D eigenvalue weighted by atomic mass is 35.5. The lowest BCUT2D eigenvalue weighted by molar-refractivity contribution is 1.38. The van der Waals surface area contributed by atoms with Crippen molar-refractivity contribution in [2.45, 2.75) is 20.8 Å². The first-order valence-electron chi connectivity index (χ1n) is 3.20. The molecule has 10 heavy (non-hydrogen) atoms. The Morgan fingerprint density at radius 1 is 1.20 bits per heavy atom. The summed E-state index contributed by atoms with van der Waals surface area (Å²) in [5, 5.41) is 0.609. The zero-order valence-corrected chi connectivity index (χ0v) is 7.50. The minimum absolute atomic E-state index is 0.609. The van der Waals surface area contributed by atoms with Gasteiger partial charge in [-0.15, -0.1) is 0 Å². The maximum absolute atomic E-state index is 5.62. The molecule has 0 fully saturated rings. The molecule has 0 nitrogen and oxygen atoms in total. The Bertz CT molecular complexity index is 181. The summed E-state index contributed by atoms with van der Waals surface area (Å²) in [5.41, 5.74) is 2.28. The Hall–Kier alpha value is -0.490. The monoisotopic (exact) mass is 156 g/mol. The van der Waals surface area contributed by atoms with Gasteiger partial charge in [-0.25, -0.2) is 0 Å². The molecule has 0 bridgehead atoms. The molecule has 0 unspecified atom stereocenters. The van der Waals surface area contributed by atoms with E-state index in [9.17, 15) is 0 Å². The van der Waals surface area contributed by atoms with Gasteiger partial charge in [0.15, 0.2) is 0 Å². The van der Waals surface area contributed by atoms with Crippen LogP contribution >= 0.6 is 11.6 Å². The Labute approximate surface area is 67.9 Å². The summed E-state index contributed by atoms with van der Waals surface area (Å²) in [5.74, 6) is 0. The van der Waals surface area contributed by atoms with E-state index in [0.717, 1.165) is 5.57 Å². The largest absolute Gasteiger partial charge is 0.0847 e. The predicted octanol–water partition coefficient (Wildman–Crippen LogP) is 3.65. The van der Waals surface area contributed by atoms with Gasteiger partial charge in [-0.3, -0.25) is 0 Å². The summed E-state index contributed by atoms with van der Waals surface area (Å²) in [6, 6.07) is 0. The number of rotatable bonds is 2. The standard InChI is InChI=1S/C9H13Cl/c1-7(2)5-6-8(3)9(4)10/h5-6H,4H2,1-3H3/b8-6-. The molecule has 0 N–H and O–H groups in total. The summed E-state index contributed by atoms with van der Waals surface area (Å²) in [4.78, 5) is 0. The van der Waals surface area contributed by atoms with Crippen LogP contribution in [0.1, 0.15) is 20.8 Å². The average Bonchev–Trinajstić information content (AvgIpc) is 1.82. The molecule has 0 aromatic heterocycles. The Balaban J connectivity index is 4.19. The van der Waals surface area contributed by atoms with Crippen molar-refractivity contribution in [1.82, 2.24) is 0 Å². The molecule has 0 aromatic carbocycles. The normalized spacial score (nSPS) is 11.0. The van der Waals surface area contributed by atoms with Crippen molar-refractivity contribution in [2.75, 3.05) is 0 Å². The van der Waals surface area contributed by atoms with Crippen molar-refractivity contribution < 1.29 is 0 Å². The summed E-state index contributed by atoms with van der Waals surface area (Å²) in [6.45, 7) is 9.63. The Kier molecular flexibility index (Phi) is 4.13. The molecular weight excluding hydrogens is 144 g/mol. The van der Waals surface area contributed by atoms with Crippen molar-refractivity contribution in [3.05, 3.63) is 34.9 Å². The second-order valence-electron chi connectivity index (χ2n) is 2.50. The van der Waals surface area contributed by atoms with E-state index in [1.807, 2.05) is 32.9 Å². The van der Waals surface area contributed by atoms with Crippen molar-refractivity contribution in [1.29, 1.82) is 0 Å². The third-order valence-electron chi connectivity index (χ3n) is 1.09. The molecule has 56 valence electrons. The van der Waals surface area contributed by atoms with E-state index in [1.165, 1.54) is 5.57 Å². The first kappa shape index (κ1) is 9.51. The van der Waals surface area contributed by atoms with E-state index >= 15 is 0 Å². The van der Waals surface area contributed by atoms with Crippen LogP contribution in [-0.4, -0.2) is 0 Å². The van der Waals surface area contributed by atoms with E-state index in [0.29, 0.717) is 5.03 Å². The van der Waals surface area contributed by atoms with Gasteiger partial charge >= 0.3 is 0 Å². The van der Waals surface area contributed by atoms with E-state index in [-0.39, 0.29) is 0 Å². The first-order valence-corrected chi connectivity index (χ1v) is 3.58. The smallest absolute Gasteiger partial charge is 0.0363 e. The molecule has 0 amide bonds. The first-order chi connectivity index (χ1) is 4.54. The fraction of sp³-hybridized carbons (Fsp3) is 0.333.